The highest BCUT2D eigenvalue weighted by molar-refractivity contribution is 7.88. The molecule has 0 radical (unpaired) electrons. The fraction of sp³-hybridized carbons (Fsp3) is 0.250. The van der Waals surface area contributed by atoms with Crippen LogP contribution < -0.4 is 10.0 Å². The number of anilines is 1. The predicted octanol–water partition coefficient (Wildman–Crippen LogP) is 3.53. The highest BCUT2D eigenvalue weighted by Crippen LogP contribution is 2.29. The summed E-state index contributed by atoms with van der Waals surface area (Å²) in [5.41, 5.74) is 5.85. The van der Waals surface area contributed by atoms with E-state index in [2.05, 4.69) is 21.7 Å². The molecule has 0 atom stereocenters. The predicted molar refractivity (Wildman–Crippen MR) is 126 cm³/mol. The minimum Gasteiger partial charge on any atom is -0.321 e. The Morgan fingerprint density at radius 3 is 2.62 bits per heavy atom. The number of amides is 1. The Hall–Kier alpha value is -3.23. The average molecular weight is 451 g/mol. The van der Waals surface area contributed by atoms with Crippen LogP contribution in [0, 0.1) is 6.92 Å². The van der Waals surface area contributed by atoms with Crippen LogP contribution in [0.15, 0.2) is 61.2 Å². The Morgan fingerprint density at radius 2 is 1.91 bits per heavy atom. The molecule has 0 saturated carbocycles. The molecule has 1 amide bonds. The molecule has 32 heavy (non-hydrogen) atoms. The molecule has 0 fully saturated rings. The topological polar surface area (TPSA) is 93.1 Å². The van der Waals surface area contributed by atoms with Crippen molar-refractivity contribution in [2.24, 2.45) is 0 Å². The van der Waals surface area contributed by atoms with E-state index in [1.807, 2.05) is 35.9 Å². The molecule has 3 aromatic rings. The van der Waals surface area contributed by atoms with Crippen LogP contribution in [0.1, 0.15) is 39.3 Å². The number of para-hydroxylation sites is 1. The fourth-order valence-electron chi connectivity index (χ4n) is 3.95. The highest BCUT2D eigenvalue weighted by Gasteiger charge is 2.27. The number of nitrogens with zero attached hydrogens (tertiary/aromatic N) is 2. The van der Waals surface area contributed by atoms with Crippen molar-refractivity contribution in [3.63, 3.8) is 0 Å². The number of hydrogen-bond donors (Lipinski definition) is 2. The first-order valence-corrected chi connectivity index (χ1v) is 12.2. The van der Waals surface area contributed by atoms with Crippen molar-refractivity contribution in [1.82, 2.24) is 14.5 Å². The number of fused-ring (bicyclic) bond motifs is 1. The van der Waals surface area contributed by atoms with E-state index in [9.17, 15) is 13.2 Å². The van der Waals surface area contributed by atoms with E-state index < -0.39 is 10.0 Å². The number of aromatic nitrogens is 2. The first-order valence-electron chi connectivity index (χ1n) is 10.5. The molecule has 166 valence electrons. The van der Waals surface area contributed by atoms with Crippen molar-refractivity contribution in [2.45, 2.75) is 31.9 Å². The summed E-state index contributed by atoms with van der Waals surface area (Å²) < 4.78 is 28.4. The Bertz CT molecular complexity index is 1260. The van der Waals surface area contributed by atoms with Gasteiger partial charge < -0.3 is 5.32 Å². The molecule has 1 aromatic heterocycles. The number of benzene rings is 2. The fourth-order valence-corrected chi connectivity index (χ4v) is 5.06. The molecule has 1 aliphatic rings. The second-order valence-corrected chi connectivity index (χ2v) is 9.68. The van der Waals surface area contributed by atoms with E-state index in [0.717, 1.165) is 41.8 Å². The Balaban J connectivity index is 1.52. The first kappa shape index (κ1) is 22.0. The maximum Gasteiger partial charge on any atom is 0.276 e. The van der Waals surface area contributed by atoms with E-state index in [1.165, 1.54) is 6.08 Å². The molecule has 2 N–H and O–H groups in total. The highest BCUT2D eigenvalue weighted by atomic mass is 32.2. The van der Waals surface area contributed by atoms with Gasteiger partial charge in [0, 0.05) is 23.5 Å². The van der Waals surface area contributed by atoms with Crippen LogP contribution in [0.2, 0.25) is 0 Å². The van der Waals surface area contributed by atoms with Crippen molar-refractivity contribution in [2.75, 3.05) is 11.9 Å². The van der Waals surface area contributed by atoms with E-state index in [1.54, 1.807) is 24.3 Å². The number of carbonyl (C=O) groups excluding carboxylic acids is 1. The zero-order chi connectivity index (χ0) is 22.7. The SMILES string of the molecule is C=CCNS(=O)(=O)Cc1ccc(NC(=O)c2nn(-c3ccccc3C)c3c2CCC3)cc1. The number of rotatable bonds is 8. The summed E-state index contributed by atoms with van der Waals surface area (Å²) >= 11 is 0. The van der Waals surface area contributed by atoms with E-state index >= 15 is 0 Å². The lowest BCUT2D eigenvalue weighted by molar-refractivity contribution is 0.102. The Morgan fingerprint density at radius 1 is 1.16 bits per heavy atom. The summed E-state index contributed by atoms with van der Waals surface area (Å²) in [6.45, 7) is 5.73. The summed E-state index contributed by atoms with van der Waals surface area (Å²) in [4.78, 5) is 13.0. The lowest BCUT2D eigenvalue weighted by atomic mass is 10.1. The minimum absolute atomic E-state index is 0.136. The number of hydrogen-bond acceptors (Lipinski definition) is 4. The Labute approximate surface area is 188 Å². The molecular formula is C24H26N4O3S. The Kier molecular flexibility index (Phi) is 6.25. The van der Waals surface area contributed by atoms with Gasteiger partial charge in [0.25, 0.3) is 5.91 Å². The molecule has 1 aliphatic carbocycles. The molecular weight excluding hydrogens is 424 g/mol. The van der Waals surface area contributed by atoms with Crippen molar-refractivity contribution in [3.8, 4) is 5.69 Å². The van der Waals surface area contributed by atoms with Gasteiger partial charge in [-0.1, -0.05) is 36.4 Å². The molecule has 0 unspecified atom stereocenters. The standard InChI is InChI=1S/C24H26N4O3S/c1-3-15-25-32(30,31)16-18-11-13-19(14-12-18)26-24(29)23-20-8-6-10-22(20)28(27-23)21-9-5-4-7-17(21)2/h3-5,7,9,11-14,25H,1,6,8,10,15-16H2,2H3,(H,26,29). The first-order chi connectivity index (χ1) is 15.4. The van der Waals surface area contributed by atoms with Crippen molar-refractivity contribution in [1.29, 1.82) is 0 Å². The average Bonchev–Trinajstić information content (AvgIpc) is 3.37. The zero-order valence-corrected chi connectivity index (χ0v) is 18.8. The van der Waals surface area contributed by atoms with Gasteiger partial charge in [0.05, 0.1) is 11.4 Å². The number of carbonyl (C=O) groups is 1. The van der Waals surface area contributed by atoms with E-state index in [0.29, 0.717) is 16.9 Å². The number of aryl methyl sites for hydroxylation is 1. The lowest BCUT2D eigenvalue weighted by Gasteiger charge is -2.09. The third-order valence-electron chi connectivity index (χ3n) is 5.51. The molecule has 0 bridgehead atoms. The molecule has 4 rings (SSSR count). The molecule has 2 aromatic carbocycles. The van der Waals surface area contributed by atoms with Gasteiger partial charge in [-0.3, -0.25) is 4.79 Å². The van der Waals surface area contributed by atoms with Crippen molar-refractivity contribution in [3.05, 3.63) is 89.3 Å². The second kappa shape index (κ2) is 9.10. The molecule has 8 heteroatoms. The van der Waals surface area contributed by atoms with Crippen LogP contribution in [0.4, 0.5) is 5.69 Å². The van der Waals surface area contributed by atoms with Gasteiger partial charge >= 0.3 is 0 Å². The minimum atomic E-state index is -3.43. The lowest BCUT2D eigenvalue weighted by Crippen LogP contribution is -2.25. The zero-order valence-electron chi connectivity index (χ0n) is 18.0. The van der Waals surface area contributed by atoms with Gasteiger partial charge in [0.1, 0.15) is 0 Å². The summed E-state index contributed by atoms with van der Waals surface area (Å²) in [5.74, 6) is -0.396. The van der Waals surface area contributed by atoms with Gasteiger partial charge in [0.15, 0.2) is 5.69 Å². The summed E-state index contributed by atoms with van der Waals surface area (Å²) in [6.07, 6.45) is 4.22. The molecule has 0 spiro atoms. The summed E-state index contributed by atoms with van der Waals surface area (Å²) in [7, 11) is -3.43. The van der Waals surface area contributed by atoms with E-state index in [4.69, 9.17) is 0 Å². The third-order valence-corrected chi connectivity index (χ3v) is 6.82. The van der Waals surface area contributed by atoms with Gasteiger partial charge in [-0.2, -0.15) is 5.10 Å². The largest absolute Gasteiger partial charge is 0.321 e. The maximum atomic E-state index is 13.0. The molecule has 1 heterocycles. The monoisotopic (exact) mass is 450 g/mol. The van der Waals surface area contributed by atoms with Crippen LogP contribution >= 0.6 is 0 Å². The van der Waals surface area contributed by atoms with Gasteiger partial charge in [-0.05, 0) is 55.5 Å². The van der Waals surface area contributed by atoms with Crippen molar-refractivity contribution < 1.29 is 13.2 Å². The molecule has 7 nitrogen and oxygen atoms in total. The number of sulfonamides is 1. The van der Waals surface area contributed by atoms with E-state index in [-0.39, 0.29) is 18.2 Å². The third kappa shape index (κ3) is 4.66. The number of nitrogens with one attached hydrogen (secondary N) is 2. The molecule has 0 aliphatic heterocycles. The smallest absolute Gasteiger partial charge is 0.276 e. The second-order valence-electron chi connectivity index (χ2n) is 7.87. The van der Waals surface area contributed by atoms with Crippen LogP contribution in [0.5, 0.6) is 0 Å². The van der Waals surface area contributed by atoms with Crippen molar-refractivity contribution >= 4 is 21.6 Å². The van der Waals surface area contributed by atoms with Crippen LogP contribution in [-0.4, -0.2) is 30.7 Å². The quantitative estimate of drug-likeness (QED) is 0.514. The van der Waals surface area contributed by atoms with Crippen LogP contribution in [-0.2, 0) is 28.6 Å². The van der Waals surface area contributed by atoms with Crippen LogP contribution in [0.3, 0.4) is 0 Å². The van der Waals surface area contributed by atoms with Gasteiger partial charge in [-0.15, -0.1) is 6.58 Å². The van der Waals surface area contributed by atoms with Gasteiger partial charge in [-0.25, -0.2) is 17.8 Å². The summed E-state index contributed by atoms with van der Waals surface area (Å²) in [5, 5.41) is 7.56. The maximum absolute atomic E-state index is 13.0. The molecule has 0 saturated heterocycles. The van der Waals surface area contributed by atoms with Gasteiger partial charge in [0.2, 0.25) is 10.0 Å². The summed E-state index contributed by atoms with van der Waals surface area (Å²) in [6, 6.07) is 14.8. The van der Waals surface area contributed by atoms with Crippen LogP contribution in [0.25, 0.3) is 5.69 Å². The normalized spacial score (nSPS) is 13.0.